The van der Waals surface area contributed by atoms with E-state index in [9.17, 15) is 9.59 Å². The zero-order valence-corrected chi connectivity index (χ0v) is 19.0. The third-order valence-corrected chi connectivity index (χ3v) is 5.06. The molecule has 3 amide bonds. The van der Waals surface area contributed by atoms with E-state index in [1.807, 2.05) is 74.2 Å². The van der Waals surface area contributed by atoms with E-state index in [0.717, 1.165) is 41.8 Å². The number of urea groups is 1. The molecule has 2 aromatic rings. The fourth-order valence-corrected chi connectivity index (χ4v) is 3.71. The highest BCUT2D eigenvalue weighted by Gasteiger charge is 2.27. The maximum absolute atomic E-state index is 12.9. The van der Waals surface area contributed by atoms with Crippen LogP contribution in [0.15, 0.2) is 48.5 Å². The number of aryl methyl sites for hydroxylation is 1. The summed E-state index contributed by atoms with van der Waals surface area (Å²) >= 11 is 0. The summed E-state index contributed by atoms with van der Waals surface area (Å²) in [6, 6.07) is 15.6. The number of fused-ring (bicyclic) bond motifs is 1. The van der Waals surface area contributed by atoms with Crippen molar-refractivity contribution in [1.29, 1.82) is 0 Å². The van der Waals surface area contributed by atoms with E-state index < -0.39 is 5.60 Å². The molecule has 0 radical (unpaired) electrons. The van der Waals surface area contributed by atoms with Crippen LogP contribution in [0, 0.1) is 0 Å². The number of benzene rings is 2. The lowest BCUT2D eigenvalue weighted by atomic mass is 10.0. The van der Waals surface area contributed by atoms with Crippen LogP contribution in [0.5, 0.6) is 0 Å². The Labute approximate surface area is 185 Å². The summed E-state index contributed by atoms with van der Waals surface area (Å²) in [4.78, 5) is 29.0. The van der Waals surface area contributed by atoms with Gasteiger partial charge in [0.15, 0.2) is 0 Å². The third kappa shape index (κ3) is 6.23. The van der Waals surface area contributed by atoms with E-state index in [4.69, 9.17) is 4.74 Å². The van der Waals surface area contributed by atoms with Gasteiger partial charge in [0.25, 0.3) is 0 Å². The first kappa shape index (κ1) is 22.7. The molecule has 1 heterocycles. The second-order valence-corrected chi connectivity index (χ2v) is 8.92. The Bertz CT molecular complexity index is 906. The Morgan fingerprint density at radius 3 is 2.55 bits per heavy atom. The second-order valence-electron chi connectivity index (χ2n) is 8.92. The summed E-state index contributed by atoms with van der Waals surface area (Å²) < 4.78 is 5.55. The minimum absolute atomic E-state index is 0.120. The Morgan fingerprint density at radius 2 is 1.87 bits per heavy atom. The Morgan fingerprint density at radius 1 is 1.13 bits per heavy atom. The highest BCUT2D eigenvalue weighted by atomic mass is 16.6. The molecule has 1 aliphatic heterocycles. The van der Waals surface area contributed by atoms with Crippen molar-refractivity contribution in [2.24, 2.45) is 0 Å². The van der Waals surface area contributed by atoms with Gasteiger partial charge >= 0.3 is 12.1 Å². The molecular formula is C25H33N3O3. The van der Waals surface area contributed by atoms with Crippen LogP contribution in [0.3, 0.4) is 0 Å². The van der Waals surface area contributed by atoms with Gasteiger partial charge in [-0.2, -0.15) is 0 Å². The molecule has 0 aromatic heterocycles. The summed E-state index contributed by atoms with van der Waals surface area (Å²) in [6.45, 7) is 9.55. The number of anilines is 2. The summed E-state index contributed by atoms with van der Waals surface area (Å²) in [6.07, 6.45) is 2.28. The molecule has 1 N–H and O–H groups in total. The molecule has 6 nitrogen and oxygen atoms in total. The second kappa shape index (κ2) is 9.86. The first-order chi connectivity index (χ1) is 14.8. The zero-order valence-electron chi connectivity index (χ0n) is 19.0. The molecule has 0 atom stereocenters. The van der Waals surface area contributed by atoms with Gasteiger partial charge in [0, 0.05) is 25.3 Å². The van der Waals surface area contributed by atoms with E-state index in [1.165, 1.54) is 0 Å². The first-order valence-corrected chi connectivity index (χ1v) is 11.0. The topological polar surface area (TPSA) is 61.9 Å². The molecule has 1 aliphatic rings. The van der Waals surface area contributed by atoms with E-state index >= 15 is 0 Å². The van der Waals surface area contributed by atoms with Gasteiger partial charge in [-0.05, 0) is 69.4 Å². The highest BCUT2D eigenvalue weighted by Crippen LogP contribution is 2.31. The number of nitrogens with one attached hydrogen (secondary N) is 1. The number of hydrogen-bond donors (Lipinski definition) is 1. The largest absolute Gasteiger partial charge is 0.443 e. The van der Waals surface area contributed by atoms with Crippen LogP contribution in [0.4, 0.5) is 21.0 Å². The minimum Gasteiger partial charge on any atom is -0.443 e. The predicted octanol–water partition coefficient (Wildman–Crippen LogP) is 5.82. The van der Waals surface area contributed by atoms with Crippen LogP contribution < -0.4 is 10.2 Å². The van der Waals surface area contributed by atoms with Crippen LogP contribution in [0.2, 0.25) is 0 Å². The number of ether oxygens (including phenoxy) is 1. The van der Waals surface area contributed by atoms with Crippen molar-refractivity contribution in [2.45, 2.75) is 59.1 Å². The Kier molecular flexibility index (Phi) is 7.21. The molecule has 31 heavy (non-hydrogen) atoms. The molecule has 0 fully saturated rings. The third-order valence-electron chi connectivity index (χ3n) is 5.06. The molecule has 2 aromatic carbocycles. The number of nitrogens with zero attached hydrogens (tertiary/aromatic N) is 2. The lowest BCUT2D eigenvalue weighted by Crippen LogP contribution is -2.40. The molecule has 6 heteroatoms. The van der Waals surface area contributed by atoms with Gasteiger partial charge in [-0.3, -0.25) is 4.90 Å². The lowest BCUT2D eigenvalue weighted by Gasteiger charge is -2.32. The zero-order chi connectivity index (χ0) is 22.4. The molecule has 0 saturated carbocycles. The molecule has 0 spiro atoms. The SMILES string of the molecule is CCCN(Cc1ccccc1)C(=O)Nc1ccc2c(c1)CCCN2C(=O)OC(C)(C)C. The molecule has 3 rings (SSSR count). The fraction of sp³-hybridized carbons (Fsp3) is 0.440. The fourth-order valence-electron chi connectivity index (χ4n) is 3.71. The number of hydrogen-bond acceptors (Lipinski definition) is 3. The van der Waals surface area contributed by atoms with Crippen molar-refractivity contribution in [3.63, 3.8) is 0 Å². The minimum atomic E-state index is -0.538. The van der Waals surface area contributed by atoms with Crippen molar-refractivity contribution >= 4 is 23.5 Å². The van der Waals surface area contributed by atoms with Gasteiger partial charge in [0.05, 0.1) is 5.69 Å². The predicted molar refractivity (Wildman–Crippen MR) is 125 cm³/mol. The summed E-state index contributed by atoms with van der Waals surface area (Å²) in [5.41, 5.74) is 3.20. The average Bonchev–Trinajstić information content (AvgIpc) is 2.72. The molecule has 0 bridgehead atoms. The monoisotopic (exact) mass is 423 g/mol. The van der Waals surface area contributed by atoms with Gasteiger partial charge in [-0.25, -0.2) is 9.59 Å². The average molecular weight is 424 g/mol. The Balaban J connectivity index is 1.72. The summed E-state index contributed by atoms with van der Waals surface area (Å²) in [7, 11) is 0. The normalized spacial score (nSPS) is 13.4. The number of carbonyl (C=O) groups is 2. The molecule has 0 unspecified atom stereocenters. The first-order valence-electron chi connectivity index (χ1n) is 11.0. The summed E-state index contributed by atoms with van der Waals surface area (Å²) in [5.74, 6) is 0. The molecule has 0 aliphatic carbocycles. The van der Waals surface area contributed by atoms with Gasteiger partial charge in [0.2, 0.25) is 0 Å². The van der Waals surface area contributed by atoms with Gasteiger partial charge < -0.3 is 15.0 Å². The van der Waals surface area contributed by atoms with Gasteiger partial charge in [-0.15, -0.1) is 0 Å². The lowest BCUT2D eigenvalue weighted by molar-refractivity contribution is 0.0578. The maximum atomic E-state index is 12.9. The standard InChI is InChI=1S/C25H33N3O3/c1-5-15-27(18-19-10-7-6-8-11-19)23(29)26-21-13-14-22-20(17-21)12-9-16-28(22)24(30)31-25(2,3)4/h6-8,10-11,13-14,17H,5,9,12,15-16,18H2,1-4H3,(H,26,29). The number of rotatable bonds is 5. The van der Waals surface area contributed by atoms with Gasteiger partial charge in [-0.1, -0.05) is 37.3 Å². The number of carbonyl (C=O) groups excluding carboxylic acids is 2. The number of amides is 3. The van der Waals surface area contributed by atoms with Crippen molar-refractivity contribution in [1.82, 2.24) is 4.90 Å². The Hall–Kier alpha value is -3.02. The van der Waals surface area contributed by atoms with Crippen LogP contribution >= 0.6 is 0 Å². The molecule has 166 valence electrons. The smallest absolute Gasteiger partial charge is 0.414 e. The van der Waals surface area contributed by atoms with Crippen molar-refractivity contribution in [3.8, 4) is 0 Å². The summed E-state index contributed by atoms with van der Waals surface area (Å²) in [5, 5.41) is 3.03. The van der Waals surface area contributed by atoms with E-state index in [-0.39, 0.29) is 12.1 Å². The van der Waals surface area contributed by atoms with E-state index in [0.29, 0.717) is 19.6 Å². The van der Waals surface area contributed by atoms with E-state index in [1.54, 1.807) is 4.90 Å². The van der Waals surface area contributed by atoms with Crippen LogP contribution in [-0.2, 0) is 17.7 Å². The molecule has 0 saturated heterocycles. The van der Waals surface area contributed by atoms with E-state index in [2.05, 4.69) is 12.2 Å². The van der Waals surface area contributed by atoms with Crippen LogP contribution in [0.1, 0.15) is 51.7 Å². The van der Waals surface area contributed by atoms with Crippen LogP contribution in [-0.4, -0.2) is 35.7 Å². The molecular weight excluding hydrogens is 390 g/mol. The maximum Gasteiger partial charge on any atom is 0.414 e. The highest BCUT2D eigenvalue weighted by molar-refractivity contribution is 5.92. The van der Waals surface area contributed by atoms with Gasteiger partial charge in [0.1, 0.15) is 5.60 Å². The quantitative estimate of drug-likeness (QED) is 0.659. The van der Waals surface area contributed by atoms with Crippen molar-refractivity contribution < 1.29 is 14.3 Å². The van der Waals surface area contributed by atoms with Crippen molar-refractivity contribution in [3.05, 3.63) is 59.7 Å². The van der Waals surface area contributed by atoms with Crippen LogP contribution in [0.25, 0.3) is 0 Å². The van der Waals surface area contributed by atoms with Crippen molar-refractivity contribution in [2.75, 3.05) is 23.3 Å².